The van der Waals surface area contributed by atoms with Crippen LogP contribution in [0.3, 0.4) is 0 Å². The Kier molecular flexibility index (Phi) is 5.10. The zero-order valence-electron chi connectivity index (χ0n) is 15.3. The van der Waals surface area contributed by atoms with Gasteiger partial charge in [0.05, 0.1) is 5.70 Å². The Bertz CT molecular complexity index is 818. The van der Waals surface area contributed by atoms with Gasteiger partial charge in [0.25, 0.3) is 0 Å². The number of allylic oxidation sites excluding steroid dienone is 3. The van der Waals surface area contributed by atoms with E-state index in [0.29, 0.717) is 0 Å². The third kappa shape index (κ3) is 3.41. The average molecular weight is 342 g/mol. The normalized spacial score (nSPS) is 23.5. The molecule has 2 aromatic carbocycles. The fourth-order valence-electron chi connectivity index (χ4n) is 4.12. The molecule has 132 valence electrons. The van der Waals surface area contributed by atoms with Crippen LogP contribution >= 0.6 is 0 Å². The molecule has 0 radical (unpaired) electrons. The second kappa shape index (κ2) is 7.82. The van der Waals surface area contributed by atoms with Crippen molar-refractivity contribution in [1.82, 2.24) is 0 Å². The van der Waals surface area contributed by atoms with E-state index < -0.39 is 0 Å². The summed E-state index contributed by atoms with van der Waals surface area (Å²) in [7, 11) is 0. The van der Waals surface area contributed by atoms with Crippen LogP contribution in [0, 0.1) is 0 Å². The van der Waals surface area contributed by atoms with E-state index in [9.17, 15) is 0 Å². The van der Waals surface area contributed by atoms with Crippen molar-refractivity contribution < 1.29 is 0 Å². The molecule has 0 saturated carbocycles. The maximum atomic E-state index is 5.05. The van der Waals surface area contributed by atoms with Crippen LogP contribution < -0.4 is 0 Å². The van der Waals surface area contributed by atoms with Crippen LogP contribution in [0.2, 0.25) is 0 Å². The van der Waals surface area contributed by atoms with Crippen LogP contribution in [-0.4, -0.2) is 0 Å². The van der Waals surface area contributed by atoms with E-state index in [1.165, 1.54) is 29.5 Å². The molecule has 0 spiro atoms. The minimum atomic E-state index is -0.376. The highest BCUT2D eigenvalue weighted by molar-refractivity contribution is 5.76. The van der Waals surface area contributed by atoms with Gasteiger partial charge in [-0.25, -0.2) is 0 Å². The molecule has 0 aliphatic heterocycles. The summed E-state index contributed by atoms with van der Waals surface area (Å²) in [4.78, 5) is 0. The lowest BCUT2D eigenvalue weighted by Crippen LogP contribution is -2.27. The molecule has 0 heterocycles. The van der Waals surface area contributed by atoms with E-state index >= 15 is 0 Å². The van der Waals surface area contributed by atoms with Crippen molar-refractivity contribution in [3.8, 4) is 0 Å². The molecule has 0 amide bonds. The van der Waals surface area contributed by atoms with Gasteiger partial charge >= 0.3 is 0 Å². The van der Waals surface area contributed by atoms with Crippen molar-refractivity contribution in [2.75, 3.05) is 0 Å². The van der Waals surface area contributed by atoms with E-state index in [-0.39, 0.29) is 5.54 Å². The second-order valence-electron chi connectivity index (χ2n) is 7.24. The van der Waals surface area contributed by atoms with E-state index in [1.54, 1.807) is 0 Å². The molecular formula is C24H26N2. The molecule has 2 heteroatoms. The van der Waals surface area contributed by atoms with Gasteiger partial charge < -0.3 is 0 Å². The van der Waals surface area contributed by atoms with Crippen LogP contribution in [0.25, 0.3) is 5.57 Å². The number of azo groups is 1. The number of hydrogen-bond acceptors (Lipinski definition) is 2. The Morgan fingerprint density at radius 1 is 0.731 bits per heavy atom. The van der Waals surface area contributed by atoms with Gasteiger partial charge in [-0.05, 0) is 61.6 Å². The summed E-state index contributed by atoms with van der Waals surface area (Å²) in [6.45, 7) is 0. The van der Waals surface area contributed by atoms with E-state index in [1.807, 2.05) is 0 Å². The molecule has 4 rings (SSSR count). The zero-order valence-corrected chi connectivity index (χ0v) is 15.3. The predicted octanol–water partition coefficient (Wildman–Crippen LogP) is 7.06. The van der Waals surface area contributed by atoms with Gasteiger partial charge in [-0.1, -0.05) is 72.8 Å². The second-order valence-corrected chi connectivity index (χ2v) is 7.24. The van der Waals surface area contributed by atoms with Gasteiger partial charge in [0.1, 0.15) is 5.54 Å². The fourth-order valence-corrected chi connectivity index (χ4v) is 4.12. The Morgan fingerprint density at radius 3 is 2.19 bits per heavy atom. The minimum absolute atomic E-state index is 0.376. The van der Waals surface area contributed by atoms with Gasteiger partial charge in [0.15, 0.2) is 0 Å². The van der Waals surface area contributed by atoms with Crippen molar-refractivity contribution in [3.05, 3.63) is 89.6 Å². The molecule has 2 aromatic rings. The molecule has 1 atom stereocenters. The maximum absolute atomic E-state index is 5.05. The molecular weight excluding hydrogens is 316 g/mol. The highest BCUT2D eigenvalue weighted by Crippen LogP contribution is 2.47. The van der Waals surface area contributed by atoms with E-state index in [0.717, 1.165) is 37.8 Å². The van der Waals surface area contributed by atoms with Crippen molar-refractivity contribution >= 4 is 5.57 Å². The third-order valence-electron chi connectivity index (χ3n) is 5.49. The molecule has 0 bridgehead atoms. The summed E-state index contributed by atoms with van der Waals surface area (Å²) in [6, 6.07) is 21.4. The fraction of sp³-hybridized carbons (Fsp3) is 0.333. The maximum Gasteiger partial charge on any atom is 0.132 e. The van der Waals surface area contributed by atoms with Crippen LogP contribution in [-0.2, 0) is 5.54 Å². The lowest BCUT2D eigenvalue weighted by Gasteiger charge is -2.35. The van der Waals surface area contributed by atoms with Gasteiger partial charge in [-0.2, -0.15) is 10.2 Å². The smallest absolute Gasteiger partial charge is 0.132 e. The molecule has 2 aliphatic carbocycles. The Balaban J connectivity index is 1.82. The first-order chi connectivity index (χ1) is 12.9. The molecule has 1 unspecified atom stereocenters. The first-order valence-corrected chi connectivity index (χ1v) is 9.82. The predicted molar refractivity (Wildman–Crippen MR) is 108 cm³/mol. The first-order valence-electron chi connectivity index (χ1n) is 9.82. The number of benzene rings is 2. The highest BCUT2D eigenvalue weighted by Gasteiger charge is 2.38. The quantitative estimate of drug-likeness (QED) is 0.531. The number of nitrogens with zero attached hydrogens (tertiary/aromatic N) is 2. The Morgan fingerprint density at radius 2 is 1.46 bits per heavy atom. The summed E-state index contributed by atoms with van der Waals surface area (Å²) in [5, 5.41) is 9.83. The number of rotatable bonds is 4. The molecule has 26 heavy (non-hydrogen) atoms. The number of hydrogen-bond donors (Lipinski definition) is 0. The van der Waals surface area contributed by atoms with Crippen LogP contribution in [0.4, 0.5) is 0 Å². The lowest BCUT2D eigenvalue weighted by molar-refractivity contribution is 0.468. The Labute approximate surface area is 156 Å². The van der Waals surface area contributed by atoms with Gasteiger partial charge in [0, 0.05) is 0 Å². The van der Waals surface area contributed by atoms with Crippen molar-refractivity contribution in [2.24, 2.45) is 10.2 Å². The molecule has 0 aromatic heterocycles. The Hall–Kier alpha value is -2.48. The monoisotopic (exact) mass is 342 g/mol. The third-order valence-corrected chi connectivity index (χ3v) is 5.49. The summed E-state index contributed by atoms with van der Waals surface area (Å²) in [5.74, 6) is 0. The molecule has 0 fully saturated rings. The van der Waals surface area contributed by atoms with Crippen molar-refractivity contribution in [2.45, 2.75) is 50.5 Å². The largest absolute Gasteiger partial charge is 0.172 e. The standard InChI is InChI=1S/C24H26N2/c1-4-12-20(13-5-1)23-18-10-11-19-24(23,21-14-6-2-7-15-21)26-25-22-16-8-3-9-17-22/h1-2,4-7,12-16,18H,3,8-11,17,19H2. The first kappa shape index (κ1) is 17.0. The molecule has 2 aliphatic rings. The van der Waals surface area contributed by atoms with Crippen molar-refractivity contribution in [1.29, 1.82) is 0 Å². The average Bonchev–Trinajstić information content (AvgIpc) is 2.74. The topological polar surface area (TPSA) is 24.7 Å². The summed E-state index contributed by atoms with van der Waals surface area (Å²) < 4.78 is 0. The highest BCUT2D eigenvalue weighted by atomic mass is 15.2. The zero-order chi connectivity index (χ0) is 17.7. The van der Waals surface area contributed by atoms with Crippen LogP contribution in [0.15, 0.2) is 88.7 Å². The minimum Gasteiger partial charge on any atom is -0.172 e. The summed E-state index contributed by atoms with van der Waals surface area (Å²) in [5.41, 5.74) is 4.59. The van der Waals surface area contributed by atoms with Gasteiger partial charge in [0.2, 0.25) is 0 Å². The lowest BCUT2D eigenvalue weighted by atomic mass is 9.73. The molecule has 2 nitrogen and oxygen atoms in total. The van der Waals surface area contributed by atoms with Gasteiger partial charge in [-0.3, -0.25) is 0 Å². The molecule has 0 saturated heterocycles. The van der Waals surface area contributed by atoms with Crippen LogP contribution in [0.5, 0.6) is 0 Å². The molecule has 0 N–H and O–H groups in total. The summed E-state index contributed by atoms with van der Waals surface area (Å²) in [6.07, 6.45) is 12.6. The van der Waals surface area contributed by atoms with Crippen LogP contribution in [0.1, 0.15) is 56.1 Å². The van der Waals surface area contributed by atoms with E-state index in [4.69, 9.17) is 10.2 Å². The van der Waals surface area contributed by atoms with E-state index in [2.05, 4.69) is 72.8 Å². The summed E-state index contributed by atoms with van der Waals surface area (Å²) >= 11 is 0. The van der Waals surface area contributed by atoms with Gasteiger partial charge in [-0.15, -0.1) is 0 Å². The SMILES string of the molecule is C1=C(N=NC2(c3ccccc3)CCCC=C2c2ccccc2)CCCC1. The van der Waals surface area contributed by atoms with Crippen molar-refractivity contribution in [3.63, 3.8) is 0 Å².